The van der Waals surface area contributed by atoms with E-state index in [1.54, 1.807) is 12.3 Å². The molecule has 1 aromatic rings. The maximum Gasteiger partial charge on any atom is 0.225 e. The van der Waals surface area contributed by atoms with Gasteiger partial charge in [0.1, 0.15) is 11.9 Å². The quantitative estimate of drug-likeness (QED) is 0.797. The molecule has 1 amide bonds. The lowest BCUT2D eigenvalue weighted by Gasteiger charge is -2.34. The number of nitriles is 1. The number of anilines is 1. The van der Waals surface area contributed by atoms with Crippen molar-refractivity contribution in [3.8, 4) is 6.07 Å². The van der Waals surface area contributed by atoms with Crippen LogP contribution in [-0.2, 0) is 4.79 Å². The second kappa shape index (κ2) is 7.44. The monoisotopic (exact) mass is 372 g/mol. The fraction of sp³-hybridized carbons (Fsp3) is 0.650. The fourth-order valence-corrected chi connectivity index (χ4v) is 5.19. The predicted octanol–water partition coefficient (Wildman–Crippen LogP) is 3.47. The van der Waals surface area contributed by atoms with Crippen LogP contribution < -0.4 is 4.90 Å². The number of piperidine rings is 1. The number of carbonyl (C=O) groups is 1. The lowest BCUT2D eigenvalue weighted by atomic mass is 9.82. The van der Waals surface area contributed by atoms with Gasteiger partial charge < -0.3 is 9.80 Å². The van der Waals surface area contributed by atoms with Crippen LogP contribution in [0.4, 0.5) is 5.82 Å². The first kappa shape index (κ1) is 17.6. The van der Waals surface area contributed by atoms with E-state index in [0.717, 1.165) is 56.7 Å². The maximum atomic E-state index is 13.0. The number of nitrogens with zero attached hydrogens (tertiary/aromatic N) is 4. The molecule has 3 aliphatic rings. The molecule has 4 rings (SSSR count). The highest BCUT2D eigenvalue weighted by Gasteiger charge is 2.39. The van der Waals surface area contributed by atoms with Crippen LogP contribution in [0.3, 0.4) is 0 Å². The van der Waals surface area contributed by atoms with E-state index in [1.165, 1.54) is 25.7 Å². The summed E-state index contributed by atoms with van der Waals surface area (Å²) in [7, 11) is 0. The number of carbonyl (C=O) groups excluding carboxylic acids is 1. The van der Waals surface area contributed by atoms with E-state index in [-0.39, 0.29) is 5.92 Å². The lowest BCUT2D eigenvalue weighted by molar-refractivity contribution is -0.135. The molecule has 3 fully saturated rings. The highest BCUT2D eigenvalue weighted by atomic mass is 35.5. The molecule has 1 aromatic heterocycles. The predicted molar refractivity (Wildman–Crippen MR) is 101 cm³/mol. The Morgan fingerprint density at radius 3 is 2.38 bits per heavy atom. The average Bonchev–Trinajstić information content (AvgIpc) is 3.11. The van der Waals surface area contributed by atoms with E-state index in [0.29, 0.717) is 16.5 Å². The summed E-state index contributed by atoms with van der Waals surface area (Å²) in [5.74, 6) is 2.70. The number of fused-ring (bicyclic) bond motifs is 1. The summed E-state index contributed by atoms with van der Waals surface area (Å²) in [5.41, 5.74) is 0.472. The van der Waals surface area contributed by atoms with Crippen LogP contribution in [0.2, 0.25) is 5.02 Å². The average molecular weight is 373 g/mol. The second-order valence-corrected chi connectivity index (χ2v) is 8.36. The summed E-state index contributed by atoms with van der Waals surface area (Å²) in [6.45, 7) is 3.53. The highest BCUT2D eigenvalue weighted by Crippen LogP contribution is 2.37. The van der Waals surface area contributed by atoms with Gasteiger partial charge in [0.05, 0.1) is 10.6 Å². The van der Waals surface area contributed by atoms with Gasteiger partial charge in [-0.3, -0.25) is 4.79 Å². The third kappa shape index (κ3) is 3.40. The van der Waals surface area contributed by atoms with Crippen molar-refractivity contribution in [3.63, 3.8) is 0 Å². The Labute approximate surface area is 159 Å². The third-order valence-electron chi connectivity index (χ3n) is 6.38. The number of halogens is 1. The zero-order valence-corrected chi connectivity index (χ0v) is 15.8. The van der Waals surface area contributed by atoms with Crippen molar-refractivity contribution in [1.29, 1.82) is 5.26 Å². The Bertz CT molecular complexity index is 709. The summed E-state index contributed by atoms with van der Waals surface area (Å²) in [6.07, 6.45) is 8.53. The zero-order chi connectivity index (χ0) is 18.1. The van der Waals surface area contributed by atoms with E-state index in [4.69, 9.17) is 16.9 Å². The molecule has 0 aromatic carbocycles. The van der Waals surface area contributed by atoms with E-state index in [1.807, 2.05) is 0 Å². The number of hydrogen-bond acceptors (Lipinski definition) is 4. The first-order chi connectivity index (χ1) is 12.7. The molecule has 0 N–H and O–H groups in total. The van der Waals surface area contributed by atoms with Crippen LogP contribution in [0.25, 0.3) is 0 Å². The topological polar surface area (TPSA) is 60.2 Å². The fourth-order valence-electron chi connectivity index (χ4n) is 4.91. The Hall–Kier alpha value is -1.80. The van der Waals surface area contributed by atoms with Crippen molar-refractivity contribution in [3.05, 3.63) is 22.8 Å². The van der Waals surface area contributed by atoms with E-state index in [9.17, 15) is 4.79 Å². The summed E-state index contributed by atoms with van der Waals surface area (Å²) < 4.78 is 0. The molecule has 0 radical (unpaired) electrons. The molecular weight excluding hydrogens is 348 g/mol. The molecule has 5 nitrogen and oxygen atoms in total. The van der Waals surface area contributed by atoms with Crippen LogP contribution in [0.1, 0.15) is 44.1 Å². The van der Waals surface area contributed by atoms with Crippen molar-refractivity contribution in [2.45, 2.75) is 38.5 Å². The molecule has 3 heterocycles. The van der Waals surface area contributed by atoms with E-state index >= 15 is 0 Å². The first-order valence-corrected chi connectivity index (χ1v) is 10.1. The number of rotatable bonds is 2. The van der Waals surface area contributed by atoms with E-state index < -0.39 is 0 Å². The second-order valence-electron chi connectivity index (χ2n) is 7.95. The van der Waals surface area contributed by atoms with Crippen LogP contribution in [0.15, 0.2) is 12.3 Å². The molecule has 2 atom stereocenters. The summed E-state index contributed by atoms with van der Waals surface area (Å²) in [4.78, 5) is 21.6. The lowest BCUT2D eigenvalue weighted by Crippen LogP contribution is -2.42. The van der Waals surface area contributed by atoms with Gasteiger partial charge in [-0.25, -0.2) is 4.98 Å². The van der Waals surface area contributed by atoms with Gasteiger partial charge in [0.25, 0.3) is 0 Å². The van der Waals surface area contributed by atoms with Gasteiger partial charge in [-0.2, -0.15) is 5.26 Å². The molecule has 138 valence electrons. The first-order valence-electron chi connectivity index (χ1n) is 9.75. The van der Waals surface area contributed by atoms with Crippen molar-refractivity contribution in [2.75, 3.05) is 31.1 Å². The maximum absolute atomic E-state index is 13.0. The Kier molecular flexibility index (Phi) is 5.04. The summed E-state index contributed by atoms with van der Waals surface area (Å²) in [6, 6.07) is 3.72. The number of hydrogen-bond donors (Lipinski definition) is 0. The standard InChI is InChI=1S/C20H25ClN4O/c21-18-9-14(10-22)11-23-19(18)24-7-5-15(6-8-24)20(26)25-12-16-3-1-2-4-17(16)13-25/h9,11,15-17H,1-8,12-13H2. The number of pyridine rings is 1. The Morgan fingerprint density at radius 2 is 1.81 bits per heavy atom. The number of amides is 1. The largest absolute Gasteiger partial charge is 0.355 e. The van der Waals surface area contributed by atoms with Crippen LogP contribution >= 0.6 is 11.6 Å². The van der Waals surface area contributed by atoms with Crippen molar-refractivity contribution in [2.24, 2.45) is 17.8 Å². The van der Waals surface area contributed by atoms with Crippen molar-refractivity contribution >= 4 is 23.3 Å². The minimum Gasteiger partial charge on any atom is -0.355 e. The molecule has 2 aliphatic heterocycles. The summed E-state index contributed by atoms with van der Waals surface area (Å²) >= 11 is 6.28. The number of likely N-dealkylation sites (tertiary alicyclic amines) is 1. The minimum atomic E-state index is 0.128. The SMILES string of the molecule is N#Cc1cnc(N2CCC(C(=O)N3CC4CCCCC4C3)CC2)c(Cl)c1. The molecule has 0 spiro atoms. The van der Waals surface area contributed by atoms with Gasteiger partial charge in [-0.1, -0.05) is 24.4 Å². The van der Waals surface area contributed by atoms with Gasteiger partial charge in [0, 0.05) is 38.3 Å². The van der Waals surface area contributed by atoms with Gasteiger partial charge in [-0.15, -0.1) is 0 Å². The van der Waals surface area contributed by atoms with Gasteiger partial charge in [0.15, 0.2) is 0 Å². The van der Waals surface area contributed by atoms with Crippen molar-refractivity contribution < 1.29 is 4.79 Å². The van der Waals surface area contributed by atoms with E-state index in [2.05, 4.69) is 20.9 Å². The van der Waals surface area contributed by atoms with Gasteiger partial charge in [-0.05, 0) is 43.6 Å². The highest BCUT2D eigenvalue weighted by molar-refractivity contribution is 6.33. The molecule has 2 unspecified atom stereocenters. The third-order valence-corrected chi connectivity index (χ3v) is 6.66. The molecule has 6 heteroatoms. The molecule has 1 saturated carbocycles. The molecular formula is C20H25ClN4O. The molecule has 0 bridgehead atoms. The van der Waals surface area contributed by atoms with Crippen LogP contribution in [0.5, 0.6) is 0 Å². The van der Waals surface area contributed by atoms with Gasteiger partial charge in [0.2, 0.25) is 5.91 Å². The number of aromatic nitrogens is 1. The Balaban J connectivity index is 1.35. The molecule has 1 aliphatic carbocycles. The van der Waals surface area contributed by atoms with Crippen molar-refractivity contribution in [1.82, 2.24) is 9.88 Å². The normalized spacial score (nSPS) is 26.5. The van der Waals surface area contributed by atoms with Crippen LogP contribution in [0, 0.1) is 29.1 Å². The molecule has 26 heavy (non-hydrogen) atoms. The van der Waals surface area contributed by atoms with Crippen LogP contribution in [-0.4, -0.2) is 42.0 Å². The minimum absolute atomic E-state index is 0.128. The summed E-state index contributed by atoms with van der Waals surface area (Å²) in [5, 5.41) is 9.45. The van der Waals surface area contributed by atoms with Gasteiger partial charge >= 0.3 is 0 Å². The zero-order valence-electron chi connectivity index (χ0n) is 15.0. The Morgan fingerprint density at radius 1 is 1.15 bits per heavy atom. The molecule has 2 saturated heterocycles. The smallest absolute Gasteiger partial charge is 0.225 e.